The Morgan fingerprint density at radius 1 is 1.08 bits per heavy atom. The molecule has 4 atom stereocenters. The molecule has 13 nitrogen and oxygen atoms in total. The number of carbonyl (C=O) groups is 1. The van der Waals surface area contributed by atoms with Gasteiger partial charge >= 0.3 is 0 Å². The first kappa shape index (κ1) is 30.3. The van der Waals surface area contributed by atoms with Crippen molar-refractivity contribution < 1.29 is 32.2 Å². The van der Waals surface area contributed by atoms with Crippen molar-refractivity contribution in [1.82, 2.24) is 20.8 Å². The maximum atomic E-state index is 13.4. The van der Waals surface area contributed by atoms with Gasteiger partial charge in [0.15, 0.2) is 5.82 Å². The number of hydrazine groups is 1. The number of hydrogen-bond acceptors (Lipinski definition) is 9. The Morgan fingerprint density at radius 3 is 2.26 bits per heavy atom. The molecule has 0 bridgehead atoms. The molecule has 3 N–H and O–H groups in total. The minimum atomic E-state index is -4.30. The van der Waals surface area contributed by atoms with Gasteiger partial charge in [-0.05, 0) is 38.3 Å². The maximum absolute atomic E-state index is 13.4. The average Bonchev–Trinajstić information content (AvgIpc) is 3.42. The van der Waals surface area contributed by atoms with Crippen LogP contribution < -0.4 is 25.6 Å². The first-order valence-corrected chi connectivity index (χ1v) is 13.9. The smallest absolute Gasteiger partial charge is 0.262 e. The van der Waals surface area contributed by atoms with E-state index in [0.29, 0.717) is 29.4 Å². The molecule has 3 rings (SSSR count). The number of rotatable bonds is 10. The normalized spacial score (nSPS) is 19.2. The molecule has 2 unspecified atom stereocenters. The molecule has 15 heteroatoms. The first-order chi connectivity index (χ1) is 18.6. The van der Waals surface area contributed by atoms with Gasteiger partial charge in [-0.15, -0.1) is 4.40 Å². The fourth-order valence-electron chi connectivity index (χ4n) is 4.13. The van der Waals surface area contributed by atoms with Crippen molar-refractivity contribution >= 4 is 39.2 Å². The van der Waals surface area contributed by atoms with Gasteiger partial charge in [0.2, 0.25) is 11.9 Å². The van der Waals surface area contributed by atoms with E-state index in [-0.39, 0.29) is 35.4 Å². The van der Waals surface area contributed by atoms with E-state index in [4.69, 9.17) is 30.5 Å². The van der Waals surface area contributed by atoms with Crippen molar-refractivity contribution in [2.75, 3.05) is 33.8 Å². The van der Waals surface area contributed by atoms with E-state index < -0.39 is 21.4 Å². The summed E-state index contributed by atoms with van der Waals surface area (Å²) < 4.78 is 52.4. The molecular formula is C24H33ClN6O7S. The van der Waals surface area contributed by atoms with Crippen LogP contribution in [0.5, 0.6) is 11.5 Å². The third kappa shape index (κ3) is 7.68. The van der Waals surface area contributed by atoms with Crippen LogP contribution in [0.25, 0.3) is 0 Å². The van der Waals surface area contributed by atoms with Crippen molar-refractivity contribution in [2.24, 2.45) is 10.3 Å². The molecule has 0 aliphatic heterocycles. The second-order valence-corrected chi connectivity index (χ2v) is 11.1. The fourth-order valence-corrected chi connectivity index (χ4v) is 5.28. The van der Waals surface area contributed by atoms with Crippen molar-refractivity contribution in [3.05, 3.63) is 41.4 Å². The molecule has 2 aromatic rings. The van der Waals surface area contributed by atoms with Gasteiger partial charge in [0.25, 0.3) is 10.0 Å². The highest BCUT2D eigenvalue weighted by Crippen LogP contribution is 2.34. The van der Waals surface area contributed by atoms with Crippen LogP contribution >= 0.6 is 11.6 Å². The van der Waals surface area contributed by atoms with Gasteiger partial charge in [-0.3, -0.25) is 15.6 Å². The van der Waals surface area contributed by atoms with Crippen LogP contribution in [0.3, 0.4) is 0 Å². The van der Waals surface area contributed by atoms with E-state index in [1.807, 2.05) is 0 Å². The lowest BCUT2D eigenvalue weighted by Crippen LogP contribution is -2.47. The van der Waals surface area contributed by atoms with Gasteiger partial charge in [0, 0.05) is 32.5 Å². The third-order valence-electron chi connectivity index (χ3n) is 6.33. The van der Waals surface area contributed by atoms with Gasteiger partial charge in [-0.2, -0.15) is 0 Å². The van der Waals surface area contributed by atoms with Crippen molar-refractivity contribution in [3.8, 4) is 11.5 Å². The monoisotopic (exact) mass is 584 g/mol. The van der Waals surface area contributed by atoms with E-state index in [1.54, 1.807) is 25.3 Å². The SMILES string of the molecule is COc1cccc(OC)c1NC(=NS(=O)(=O)C(C)C(OC)c1ncc(Cl)cn1)NNC(=O)[C@H]1CC[C@@H](OC)C1. The molecule has 214 valence electrons. The Balaban J connectivity index is 1.92. The van der Waals surface area contributed by atoms with Crippen LogP contribution in [0, 0.1) is 5.92 Å². The number of halogens is 1. The zero-order chi connectivity index (χ0) is 28.6. The maximum Gasteiger partial charge on any atom is 0.262 e. The molecule has 1 aromatic carbocycles. The predicted molar refractivity (Wildman–Crippen MR) is 145 cm³/mol. The Morgan fingerprint density at radius 2 is 1.72 bits per heavy atom. The zero-order valence-corrected chi connectivity index (χ0v) is 23.9. The molecule has 0 radical (unpaired) electrons. The molecule has 0 spiro atoms. The van der Waals surface area contributed by atoms with Gasteiger partial charge in [0.1, 0.15) is 28.5 Å². The summed E-state index contributed by atoms with van der Waals surface area (Å²) in [7, 11) is 1.55. The van der Waals surface area contributed by atoms with Crippen LogP contribution in [-0.2, 0) is 24.3 Å². The Kier molecular flexibility index (Phi) is 10.7. The average molecular weight is 585 g/mol. The summed E-state index contributed by atoms with van der Waals surface area (Å²) in [5.41, 5.74) is 5.45. The minimum absolute atomic E-state index is 0.00727. The van der Waals surface area contributed by atoms with Crippen molar-refractivity contribution in [3.63, 3.8) is 0 Å². The lowest BCUT2D eigenvalue weighted by atomic mass is 10.1. The third-order valence-corrected chi connectivity index (χ3v) is 8.15. The number of aromatic nitrogens is 2. The largest absolute Gasteiger partial charge is 0.494 e. The highest BCUT2D eigenvalue weighted by Gasteiger charge is 2.34. The molecule has 1 heterocycles. The van der Waals surface area contributed by atoms with E-state index in [9.17, 15) is 13.2 Å². The highest BCUT2D eigenvalue weighted by molar-refractivity contribution is 7.90. The molecule has 1 saturated carbocycles. The Bertz CT molecular complexity index is 1240. The number of benzene rings is 1. The quantitative estimate of drug-likeness (QED) is 0.213. The lowest BCUT2D eigenvalue weighted by molar-refractivity contribution is -0.125. The number of sulfonamides is 1. The summed E-state index contributed by atoms with van der Waals surface area (Å²) in [6, 6.07) is 5.01. The number of amides is 1. The number of methoxy groups -OCH3 is 4. The summed E-state index contributed by atoms with van der Waals surface area (Å²) >= 11 is 5.86. The Labute approximate surface area is 232 Å². The topological polar surface area (TPSA) is 162 Å². The van der Waals surface area contributed by atoms with E-state index in [1.165, 1.54) is 40.6 Å². The number of para-hydroxylation sites is 1. The molecular weight excluding hydrogens is 552 g/mol. The van der Waals surface area contributed by atoms with Gasteiger partial charge in [-0.25, -0.2) is 18.4 Å². The predicted octanol–water partition coefficient (Wildman–Crippen LogP) is 2.46. The van der Waals surface area contributed by atoms with Gasteiger partial charge < -0.3 is 24.3 Å². The molecule has 0 saturated heterocycles. The second kappa shape index (κ2) is 13.7. The number of ether oxygens (including phenoxy) is 4. The van der Waals surface area contributed by atoms with Crippen molar-refractivity contribution in [2.45, 2.75) is 43.6 Å². The zero-order valence-electron chi connectivity index (χ0n) is 22.3. The van der Waals surface area contributed by atoms with Crippen LogP contribution in [0.15, 0.2) is 35.0 Å². The number of anilines is 1. The van der Waals surface area contributed by atoms with E-state index in [0.717, 1.165) is 6.42 Å². The van der Waals surface area contributed by atoms with E-state index in [2.05, 4.69) is 30.5 Å². The van der Waals surface area contributed by atoms with Crippen LogP contribution in [0.2, 0.25) is 5.02 Å². The summed E-state index contributed by atoms with van der Waals surface area (Å²) in [6.45, 7) is 1.41. The molecule has 1 aromatic heterocycles. The molecule has 1 amide bonds. The Hall–Kier alpha value is -3.20. The van der Waals surface area contributed by atoms with E-state index >= 15 is 0 Å². The summed E-state index contributed by atoms with van der Waals surface area (Å²) in [4.78, 5) is 21.0. The van der Waals surface area contributed by atoms with Crippen LogP contribution in [-0.4, -0.2) is 70.0 Å². The van der Waals surface area contributed by atoms with Gasteiger partial charge in [0.05, 0.1) is 25.3 Å². The lowest BCUT2D eigenvalue weighted by Gasteiger charge is -2.21. The number of guanidine groups is 1. The summed E-state index contributed by atoms with van der Waals surface area (Å²) in [5.74, 6) is -0.117. The van der Waals surface area contributed by atoms with Crippen LogP contribution in [0.1, 0.15) is 38.1 Å². The molecule has 1 fully saturated rings. The summed E-state index contributed by atoms with van der Waals surface area (Å²) in [5, 5.41) is 1.94. The highest BCUT2D eigenvalue weighted by atomic mass is 35.5. The van der Waals surface area contributed by atoms with Gasteiger partial charge in [-0.1, -0.05) is 17.7 Å². The summed E-state index contributed by atoms with van der Waals surface area (Å²) in [6.07, 6.45) is 3.56. The molecule has 1 aliphatic carbocycles. The van der Waals surface area contributed by atoms with Crippen LogP contribution in [0.4, 0.5) is 5.69 Å². The fraction of sp³-hybridized carbons (Fsp3) is 0.500. The number of hydrogen-bond donors (Lipinski definition) is 3. The standard InChI is InChI=1S/C24H33ClN6O7S/c1-14(21(38-5)22-26-12-16(25)13-27-22)39(33,34)31-24(28-20-18(36-3)7-6-8-19(20)37-4)30-29-23(32)15-9-10-17(11-15)35-2/h6-8,12-15,17,21H,9-11H2,1-5H3,(H,29,32)(H2,28,30,31)/t14?,15-,17+,21?/m0/s1. The first-order valence-electron chi connectivity index (χ1n) is 12.0. The minimum Gasteiger partial charge on any atom is -0.494 e. The second-order valence-electron chi connectivity index (χ2n) is 8.72. The van der Waals surface area contributed by atoms with Crippen molar-refractivity contribution in [1.29, 1.82) is 0 Å². The number of nitrogens with zero attached hydrogens (tertiary/aromatic N) is 3. The number of nitrogens with one attached hydrogen (secondary N) is 3. The number of carbonyl (C=O) groups excluding carboxylic acids is 1. The molecule has 1 aliphatic rings. The molecule has 39 heavy (non-hydrogen) atoms.